The fourth-order valence-electron chi connectivity index (χ4n) is 5.89. The summed E-state index contributed by atoms with van der Waals surface area (Å²) in [6.07, 6.45) is 6.62. The number of hydrogen-bond acceptors (Lipinski definition) is 5. The number of carbonyl (C=O) groups excluding carboxylic acids is 2. The number of ketones is 1. The van der Waals surface area contributed by atoms with Crippen molar-refractivity contribution in [3.05, 3.63) is 35.4 Å². The maximum Gasteiger partial charge on any atom is 0.235 e. The molecule has 0 radical (unpaired) electrons. The van der Waals surface area contributed by atoms with Crippen LogP contribution >= 0.6 is 0 Å². The zero-order valence-corrected chi connectivity index (χ0v) is 17.5. The highest BCUT2D eigenvalue weighted by Gasteiger charge is 2.47. The van der Waals surface area contributed by atoms with E-state index in [9.17, 15) is 9.59 Å². The van der Waals surface area contributed by atoms with Crippen LogP contribution in [0.15, 0.2) is 24.3 Å². The minimum absolute atomic E-state index is 0.0318. The van der Waals surface area contributed by atoms with E-state index in [1.54, 1.807) is 0 Å². The quantitative estimate of drug-likeness (QED) is 0.416. The molecule has 3 fully saturated rings. The summed E-state index contributed by atoms with van der Waals surface area (Å²) in [5.74, 6) is 0.508. The van der Waals surface area contributed by atoms with Gasteiger partial charge < -0.3 is 16.8 Å². The van der Waals surface area contributed by atoms with Crippen LogP contribution in [0.5, 0.6) is 0 Å². The number of primary amides is 1. The van der Waals surface area contributed by atoms with E-state index < -0.39 is 11.9 Å². The van der Waals surface area contributed by atoms with Crippen molar-refractivity contribution in [1.82, 2.24) is 10.2 Å². The monoisotopic (exact) mass is 411 g/mol. The van der Waals surface area contributed by atoms with E-state index in [1.165, 1.54) is 19.3 Å². The highest BCUT2D eigenvalue weighted by molar-refractivity contribution is 5.95. The fraction of sp³-hybridized carbons (Fsp3) is 0.609. The number of hydrogen-bond donors (Lipinski definition) is 4. The van der Waals surface area contributed by atoms with Crippen LogP contribution in [0.2, 0.25) is 0 Å². The number of nitrogens with two attached hydrogens (primary N) is 2. The Morgan fingerprint density at radius 1 is 1.07 bits per heavy atom. The molecule has 7 heteroatoms. The number of nitrogens with zero attached hydrogens (tertiary/aromatic N) is 1. The Morgan fingerprint density at radius 2 is 1.80 bits per heavy atom. The first-order chi connectivity index (χ1) is 14.5. The molecule has 1 aliphatic carbocycles. The van der Waals surface area contributed by atoms with Gasteiger partial charge in [-0.3, -0.25) is 19.9 Å². The van der Waals surface area contributed by atoms with Crippen LogP contribution in [0.4, 0.5) is 0 Å². The summed E-state index contributed by atoms with van der Waals surface area (Å²) in [6, 6.07) is 6.76. The molecule has 1 saturated carbocycles. The van der Waals surface area contributed by atoms with Crippen molar-refractivity contribution in [2.75, 3.05) is 13.1 Å². The number of carbonyl (C=O) groups is 2. The van der Waals surface area contributed by atoms with Crippen molar-refractivity contribution in [3.63, 3.8) is 0 Å². The Labute approximate surface area is 178 Å². The Hall–Kier alpha value is -2.25. The minimum Gasteiger partial charge on any atom is -0.384 e. The average molecular weight is 412 g/mol. The number of amides is 1. The van der Waals surface area contributed by atoms with Gasteiger partial charge in [0.1, 0.15) is 5.84 Å². The fourth-order valence-corrected chi connectivity index (χ4v) is 5.89. The van der Waals surface area contributed by atoms with Crippen LogP contribution in [0.1, 0.15) is 49.7 Å². The zero-order valence-electron chi connectivity index (χ0n) is 17.5. The molecule has 2 saturated heterocycles. The first-order valence-electron chi connectivity index (χ1n) is 11.2. The van der Waals surface area contributed by atoms with E-state index in [2.05, 4.69) is 5.32 Å². The number of Topliss-reactive ketones (excluding diaryl/α,β-unsaturated/α-hetero) is 1. The van der Waals surface area contributed by atoms with Crippen LogP contribution in [0.25, 0.3) is 0 Å². The first-order valence-corrected chi connectivity index (χ1v) is 11.2. The van der Waals surface area contributed by atoms with E-state index in [-0.39, 0.29) is 23.6 Å². The molecule has 0 bridgehead atoms. The number of nitrogen functional groups attached to an aromatic ring is 1. The number of fused-ring (bicyclic) bond motifs is 1. The van der Waals surface area contributed by atoms with Gasteiger partial charge in [0.05, 0.1) is 12.1 Å². The van der Waals surface area contributed by atoms with Crippen molar-refractivity contribution in [3.8, 4) is 0 Å². The van der Waals surface area contributed by atoms with Gasteiger partial charge >= 0.3 is 0 Å². The highest BCUT2D eigenvalue weighted by Crippen LogP contribution is 2.39. The van der Waals surface area contributed by atoms with Crippen molar-refractivity contribution in [1.29, 1.82) is 5.41 Å². The van der Waals surface area contributed by atoms with Gasteiger partial charge in [0.2, 0.25) is 5.91 Å². The number of piperidine rings is 1. The van der Waals surface area contributed by atoms with Crippen molar-refractivity contribution < 1.29 is 9.59 Å². The van der Waals surface area contributed by atoms with Crippen molar-refractivity contribution >= 4 is 17.5 Å². The third-order valence-electron chi connectivity index (χ3n) is 7.39. The lowest BCUT2D eigenvalue weighted by Gasteiger charge is -2.42. The summed E-state index contributed by atoms with van der Waals surface area (Å²) in [7, 11) is 0. The van der Waals surface area contributed by atoms with Crippen LogP contribution in [0.3, 0.4) is 0 Å². The molecule has 162 valence electrons. The molecule has 2 heterocycles. The summed E-state index contributed by atoms with van der Waals surface area (Å²) >= 11 is 0. The lowest BCUT2D eigenvalue weighted by Crippen LogP contribution is -2.56. The molecule has 3 aliphatic rings. The van der Waals surface area contributed by atoms with Crippen LogP contribution in [-0.2, 0) is 16.1 Å². The molecular weight excluding hydrogens is 378 g/mol. The van der Waals surface area contributed by atoms with Gasteiger partial charge in [-0.25, -0.2) is 0 Å². The predicted molar refractivity (Wildman–Crippen MR) is 116 cm³/mol. The molecule has 30 heavy (non-hydrogen) atoms. The Kier molecular flexibility index (Phi) is 6.20. The molecule has 1 aromatic rings. The number of amidine groups is 1. The van der Waals surface area contributed by atoms with Gasteiger partial charge in [0.15, 0.2) is 5.78 Å². The number of benzene rings is 1. The van der Waals surface area contributed by atoms with Crippen LogP contribution < -0.4 is 16.8 Å². The van der Waals surface area contributed by atoms with E-state index in [4.69, 9.17) is 16.9 Å². The lowest BCUT2D eigenvalue weighted by atomic mass is 9.69. The summed E-state index contributed by atoms with van der Waals surface area (Å²) in [4.78, 5) is 28.0. The van der Waals surface area contributed by atoms with Gasteiger partial charge in [0, 0.05) is 24.6 Å². The van der Waals surface area contributed by atoms with E-state index >= 15 is 0 Å². The van der Waals surface area contributed by atoms with Crippen molar-refractivity contribution in [2.45, 2.75) is 57.2 Å². The molecule has 1 aromatic carbocycles. The molecule has 1 amide bonds. The summed E-state index contributed by atoms with van der Waals surface area (Å²) in [5, 5.41) is 11.0. The van der Waals surface area contributed by atoms with E-state index in [1.807, 2.05) is 29.2 Å². The van der Waals surface area contributed by atoms with Crippen LogP contribution in [-0.4, -0.2) is 47.6 Å². The summed E-state index contributed by atoms with van der Waals surface area (Å²) in [5.41, 5.74) is 13.0. The zero-order chi connectivity index (χ0) is 21.3. The molecule has 2 aliphatic heterocycles. The molecular formula is C23H33N5O2. The highest BCUT2D eigenvalue weighted by atomic mass is 16.2. The normalized spacial score (nSPS) is 31.8. The number of likely N-dealkylation sites (tertiary alicyclic amines) is 1. The number of nitrogens with one attached hydrogen (secondary N) is 2. The summed E-state index contributed by atoms with van der Waals surface area (Å²) in [6.45, 7) is 2.12. The molecule has 6 N–H and O–H groups in total. The molecule has 1 unspecified atom stereocenters. The second-order valence-electron chi connectivity index (χ2n) is 9.15. The standard InChI is InChI=1S/C23H33N5O2/c24-22(25)16-7-5-14(6-8-16)13-28-12-10-18(20(28)23(26)30)21(29)19-17-4-2-1-3-15(17)9-11-27-19/h5-8,15,17-20,27H,1-4,9-13H2,(H3,24,25)(H2,26,30)/t15-,17-,18?,19+,20-/m0/s1. The Balaban J connectivity index is 1.48. The third-order valence-corrected chi connectivity index (χ3v) is 7.39. The maximum absolute atomic E-state index is 13.6. The van der Waals surface area contributed by atoms with Crippen molar-refractivity contribution in [2.24, 2.45) is 29.2 Å². The van der Waals surface area contributed by atoms with E-state index in [0.29, 0.717) is 36.9 Å². The molecule has 7 nitrogen and oxygen atoms in total. The first kappa shape index (κ1) is 21.0. The summed E-state index contributed by atoms with van der Waals surface area (Å²) < 4.78 is 0. The molecule has 5 atom stereocenters. The number of rotatable bonds is 6. The van der Waals surface area contributed by atoms with Gasteiger partial charge in [-0.2, -0.15) is 0 Å². The van der Waals surface area contributed by atoms with Gasteiger partial charge in [-0.15, -0.1) is 0 Å². The average Bonchev–Trinajstić information content (AvgIpc) is 3.17. The SMILES string of the molecule is N=C(N)c1ccc(CN2CCC(C(=O)[C@@H]3NCC[C@@H]4CCCC[C@@H]43)[C@H]2C(N)=O)cc1. The lowest BCUT2D eigenvalue weighted by molar-refractivity contribution is -0.134. The molecule has 0 aromatic heterocycles. The van der Waals surface area contributed by atoms with Gasteiger partial charge in [-0.05, 0) is 43.2 Å². The second-order valence-corrected chi connectivity index (χ2v) is 9.15. The Bertz CT molecular complexity index is 806. The third kappa shape index (κ3) is 4.14. The maximum atomic E-state index is 13.6. The Morgan fingerprint density at radius 3 is 2.50 bits per heavy atom. The predicted octanol–water partition coefficient (Wildman–Crippen LogP) is 1.38. The molecule has 0 spiro atoms. The van der Waals surface area contributed by atoms with E-state index in [0.717, 1.165) is 24.9 Å². The molecule has 4 rings (SSSR count). The largest absolute Gasteiger partial charge is 0.384 e. The minimum atomic E-state index is -0.559. The van der Waals surface area contributed by atoms with Gasteiger partial charge in [-0.1, -0.05) is 43.5 Å². The topological polar surface area (TPSA) is 125 Å². The van der Waals surface area contributed by atoms with Crippen LogP contribution in [0, 0.1) is 23.2 Å². The second kappa shape index (κ2) is 8.86. The smallest absolute Gasteiger partial charge is 0.235 e. The van der Waals surface area contributed by atoms with Gasteiger partial charge in [0.25, 0.3) is 0 Å².